The van der Waals surface area contributed by atoms with Crippen molar-refractivity contribution < 1.29 is 9.53 Å². The minimum atomic E-state index is -0.00178. The van der Waals surface area contributed by atoms with E-state index >= 15 is 0 Å². The summed E-state index contributed by atoms with van der Waals surface area (Å²) in [5.74, 6) is 1.21. The first-order valence-corrected chi connectivity index (χ1v) is 11.1. The maximum atomic E-state index is 12.7. The van der Waals surface area contributed by atoms with Crippen molar-refractivity contribution in [1.29, 1.82) is 0 Å². The Hall–Kier alpha value is -3.28. The zero-order valence-corrected chi connectivity index (χ0v) is 17.9. The molecule has 6 nitrogen and oxygen atoms in total. The molecule has 1 fully saturated rings. The molecule has 160 valence electrons. The lowest BCUT2D eigenvalue weighted by atomic mass is 9.93. The van der Waals surface area contributed by atoms with Crippen molar-refractivity contribution in [1.82, 2.24) is 15.1 Å². The standard InChI is InChI=1S/C25H28N4O2/c1-31-22-7-3-6-20(15-22)24-16-23(27-28-24)18-10-12-29(13-11-18)25(30)26-21-9-8-17-4-2-5-19(17)14-21/h3,6-9,14-16,18H,2,4-5,10-13H2,1H3,(H,26,30)(H,27,28). The number of carbonyl (C=O) groups is 1. The summed E-state index contributed by atoms with van der Waals surface area (Å²) >= 11 is 0. The van der Waals surface area contributed by atoms with Gasteiger partial charge in [-0.2, -0.15) is 5.10 Å². The van der Waals surface area contributed by atoms with E-state index in [1.165, 1.54) is 17.5 Å². The number of piperidine rings is 1. The van der Waals surface area contributed by atoms with Gasteiger partial charge in [0.05, 0.1) is 12.8 Å². The molecule has 2 N–H and O–H groups in total. The Balaban J connectivity index is 1.19. The number of rotatable bonds is 4. The molecule has 1 aromatic heterocycles. The van der Waals surface area contributed by atoms with Gasteiger partial charge in [-0.1, -0.05) is 18.2 Å². The molecular weight excluding hydrogens is 388 g/mol. The van der Waals surface area contributed by atoms with Crippen molar-refractivity contribution in [3.8, 4) is 17.0 Å². The van der Waals surface area contributed by atoms with Crippen LogP contribution in [0.1, 0.15) is 42.0 Å². The molecule has 2 amide bonds. The summed E-state index contributed by atoms with van der Waals surface area (Å²) in [5.41, 5.74) is 6.80. The fourth-order valence-electron chi connectivity index (χ4n) is 4.72. The summed E-state index contributed by atoms with van der Waals surface area (Å²) in [6.45, 7) is 1.49. The van der Waals surface area contributed by atoms with E-state index in [0.717, 1.165) is 67.2 Å². The fraction of sp³-hybridized carbons (Fsp3) is 0.360. The van der Waals surface area contributed by atoms with E-state index in [4.69, 9.17) is 4.74 Å². The van der Waals surface area contributed by atoms with Crippen LogP contribution in [0.4, 0.5) is 10.5 Å². The first kappa shape index (κ1) is 19.7. The van der Waals surface area contributed by atoms with Crippen molar-refractivity contribution >= 4 is 11.7 Å². The van der Waals surface area contributed by atoms with Crippen LogP contribution in [0.25, 0.3) is 11.3 Å². The molecular formula is C25H28N4O2. The normalized spacial score (nSPS) is 16.2. The summed E-state index contributed by atoms with van der Waals surface area (Å²) in [6, 6.07) is 16.4. The molecule has 1 aliphatic carbocycles. The quantitative estimate of drug-likeness (QED) is 0.630. The van der Waals surface area contributed by atoms with Crippen LogP contribution < -0.4 is 10.1 Å². The van der Waals surface area contributed by atoms with Crippen LogP contribution in [0.15, 0.2) is 48.5 Å². The number of aryl methyl sites for hydroxylation is 2. The molecule has 2 heterocycles. The minimum Gasteiger partial charge on any atom is -0.497 e. The van der Waals surface area contributed by atoms with Crippen molar-refractivity contribution in [2.45, 2.75) is 38.0 Å². The number of benzene rings is 2. The number of nitrogens with zero attached hydrogens (tertiary/aromatic N) is 2. The zero-order chi connectivity index (χ0) is 21.2. The van der Waals surface area contributed by atoms with Gasteiger partial charge in [-0.25, -0.2) is 4.79 Å². The van der Waals surface area contributed by atoms with Crippen LogP contribution in [-0.4, -0.2) is 41.3 Å². The Bertz CT molecular complexity index is 1080. The third kappa shape index (κ3) is 4.15. The molecule has 0 spiro atoms. The lowest BCUT2D eigenvalue weighted by molar-refractivity contribution is 0.194. The Kier molecular flexibility index (Phi) is 5.37. The second-order valence-corrected chi connectivity index (χ2v) is 8.47. The number of urea groups is 1. The number of aromatic nitrogens is 2. The Labute approximate surface area is 182 Å². The highest BCUT2D eigenvalue weighted by Gasteiger charge is 2.25. The molecule has 0 bridgehead atoms. The van der Waals surface area contributed by atoms with Gasteiger partial charge in [-0.3, -0.25) is 5.10 Å². The molecule has 0 saturated carbocycles. The van der Waals surface area contributed by atoms with Gasteiger partial charge in [0, 0.05) is 36.0 Å². The van der Waals surface area contributed by atoms with E-state index in [1.54, 1.807) is 7.11 Å². The summed E-state index contributed by atoms with van der Waals surface area (Å²) in [5, 5.41) is 10.8. The predicted molar refractivity (Wildman–Crippen MR) is 122 cm³/mol. The van der Waals surface area contributed by atoms with Crippen molar-refractivity contribution in [3.05, 3.63) is 65.4 Å². The van der Waals surface area contributed by atoms with Gasteiger partial charge in [-0.15, -0.1) is 0 Å². The number of anilines is 1. The maximum Gasteiger partial charge on any atom is 0.321 e. The Morgan fingerprint density at radius 2 is 1.94 bits per heavy atom. The third-order valence-corrected chi connectivity index (χ3v) is 6.53. The van der Waals surface area contributed by atoms with E-state index in [0.29, 0.717) is 5.92 Å². The lowest BCUT2D eigenvalue weighted by Crippen LogP contribution is -2.40. The molecule has 1 aliphatic heterocycles. The largest absolute Gasteiger partial charge is 0.497 e. The van der Waals surface area contributed by atoms with Crippen molar-refractivity contribution in [3.63, 3.8) is 0 Å². The maximum absolute atomic E-state index is 12.7. The highest BCUT2D eigenvalue weighted by molar-refractivity contribution is 5.89. The number of amides is 2. The number of H-pyrrole nitrogens is 1. The van der Waals surface area contributed by atoms with Gasteiger partial charge < -0.3 is 15.0 Å². The molecule has 0 atom stereocenters. The number of nitrogens with one attached hydrogen (secondary N) is 2. The lowest BCUT2D eigenvalue weighted by Gasteiger charge is -2.31. The molecule has 5 rings (SSSR count). The number of hydrogen-bond acceptors (Lipinski definition) is 3. The molecule has 3 aromatic rings. The third-order valence-electron chi connectivity index (χ3n) is 6.53. The first-order chi connectivity index (χ1) is 15.2. The molecule has 31 heavy (non-hydrogen) atoms. The summed E-state index contributed by atoms with van der Waals surface area (Å²) in [6.07, 6.45) is 5.35. The first-order valence-electron chi connectivity index (χ1n) is 11.1. The van der Waals surface area contributed by atoms with Crippen LogP contribution in [0.2, 0.25) is 0 Å². The fourth-order valence-corrected chi connectivity index (χ4v) is 4.72. The number of carbonyl (C=O) groups excluding carboxylic acids is 1. The van der Waals surface area contributed by atoms with E-state index in [9.17, 15) is 4.79 Å². The average molecular weight is 417 g/mol. The number of aromatic amines is 1. The summed E-state index contributed by atoms with van der Waals surface area (Å²) < 4.78 is 5.32. The topological polar surface area (TPSA) is 70.2 Å². The van der Waals surface area contributed by atoms with E-state index in [2.05, 4.69) is 33.7 Å². The molecule has 0 unspecified atom stereocenters. The van der Waals surface area contributed by atoms with Gasteiger partial charge in [0.1, 0.15) is 5.75 Å². The number of hydrogen-bond donors (Lipinski definition) is 2. The van der Waals surface area contributed by atoms with Crippen LogP contribution >= 0.6 is 0 Å². The molecule has 0 radical (unpaired) electrons. The highest BCUT2D eigenvalue weighted by atomic mass is 16.5. The smallest absolute Gasteiger partial charge is 0.321 e. The Morgan fingerprint density at radius 1 is 1.10 bits per heavy atom. The monoisotopic (exact) mass is 416 g/mol. The van der Waals surface area contributed by atoms with Crippen LogP contribution in [0, 0.1) is 0 Å². The van der Waals surface area contributed by atoms with Gasteiger partial charge in [0.25, 0.3) is 0 Å². The predicted octanol–water partition coefficient (Wildman–Crippen LogP) is 4.99. The average Bonchev–Trinajstić information content (AvgIpc) is 3.49. The van der Waals surface area contributed by atoms with Crippen molar-refractivity contribution in [2.75, 3.05) is 25.5 Å². The van der Waals surface area contributed by atoms with E-state index < -0.39 is 0 Å². The van der Waals surface area contributed by atoms with Crippen LogP contribution in [-0.2, 0) is 12.8 Å². The van der Waals surface area contributed by atoms with Gasteiger partial charge in [0.2, 0.25) is 0 Å². The SMILES string of the molecule is COc1cccc(-c2cc(C3CCN(C(=O)Nc4ccc5c(c4)CCC5)CC3)[nH]n2)c1. The molecule has 1 saturated heterocycles. The summed E-state index contributed by atoms with van der Waals surface area (Å²) in [7, 11) is 1.67. The van der Waals surface area contributed by atoms with Gasteiger partial charge in [-0.05, 0) is 73.6 Å². The number of ether oxygens (including phenoxy) is 1. The van der Waals surface area contributed by atoms with Crippen LogP contribution in [0.5, 0.6) is 5.75 Å². The van der Waals surface area contributed by atoms with E-state index in [-0.39, 0.29) is 6.03 Å². The molecule has 2 aliphatic rings. The van der Waals surface area contributed by atoms with Crippen molar-refractivity contribution in [2.24, 2.45) is 0 Å². The minimum absolute atomic E-state index is 0.00178. The van der Waals surface area contributed by atoms with Crippen LogP contribution in [0.3, 0.4) is 0 Å². The Morgan fingerprint density at radius 3 is 2.77 bits per heavy atom. The highest BCUT2D eigenvalue weighted by Crippen LogP contribution is 2.31. The second kappa shape index (κ2) is 8.46. The number of methoxy groups -OCH3 is 1. The second-order valence-electron chi connectivity index (χ2n) is 8.47. The molecule has 6 heteroatoms. The zero-order valence-electron chi connectivity index (χ0n) is 17.9. The van der Waals surface area contributed by atoms with E-state index in [1.807, 2.05) is 35.2 Å². The van der Waals surface area contributed by atoms with Gasteiger partial charge in [0.15, 0.2) is 0 Å². The number of likely N-dealkylation sites (tertiary alicyclic amines) is 1. The van der Waals surface area contributed by atoms with Gasteiger partial charge >= 0.3 is 6.03 Å². The summed E-state index contributed by atoms with van der Waals surface area (Å²) in [4.78, 5) is 14.7. The molecule has 2 aromatic carbocycles. The number of fused-ring (bicyclic) bond motifs is 1.